The summed E-state index contributed by atoms with van der Waals surface area (Å²) in [4.78, 5) is 12.1. The summed E-state index contributed by atoms with van der Waals surface area (Å²) in [5.41, 5.74) is 2.12. The van der Waals surface area contributed by atoms with Crippen molar-refractivity contribution in [2.75, 3.05) is 5.32 Å². The predicted molar refractivity (Wildman–Crippen MR) is 77.9 cm³/mol. The van der Waals surface area contributed by atoms with Crippen molar-refractivity contribution in [3.63, 3.8) is 0 Å². The molecule has 0 aliphatic heterocycles. The maximum absolute atomic E-state index is 13.4. The van der Waals surface area contributed by atoms with Crippen molar-refractivity contribution in [3.05, 3.63) is 63.9 Å². The van der Waals surface area contributed by atoms with E-state index in [0.29, 0.717) is 5.69 Å². The van der Waals surface area contributed by atoms with Crippen LogP contribution in [-0.4, -0.2) is 5.91 Å². The third kappa shape index (κ3) is 3.20. The molecule has 1 amide bonds. The van der Waals surface area contributed by atoms with Gasteiger partial charge in [0, 0.05) is 5.69 Å². The zero-order chi connectivity index (χ0) is 13.8. The Hall–Kier alpha value is -1.68. The molecule has 4 heteroatoms. The zero-order valence-corrected chi connectivity index (χ0v) is 12.0. The van der Waals surface area contributed by atoms with Crippen molar-refractivity contribution in [2.24, 2.45) is 0 Å². The molecule has 0 spiro atoms. The molecule has 2 aromatic rings. The number of halogens is 2. The number of amides is 1. The minimum Gasteiger partial charge on any atom is -0.322 e. The molecule has 98 valence electrons. The van der Waals surface area contributed by atoms with Crippen LogP contribution in [0.5, 0.6) is 0 Å². The van der Waals surface area contributed by atoms with Gasteiger partial charge in [0.2, 0.25) is 0 Å². The molecule has 2 nitrogen and oxygen atoms in total. The third-order valence-electron chi connectivity index (χ3n) is 2.79. The second-order valence-corrected chi connectivity index (χ2v) is 4.90. The van der Waals surface area contributed by atoms with Gasteiger partial charge in [0.1, 0.15) is 5.82 Å². The maximum Gasteiger partial charge on any atom is 0.256 e. The average Bonchev–Trinajstić information content (AvgIpc) is 2.42. The highest BCUT2D eigenvalue weighted by Crippen LogP contribution is 2.21. The molecule has 0 aromatic heterocycles. The smallest absolute Gasteiger partial charge is 0.256 e. The molecule has 0 heterocycles. The van der Waals surface area contributed by atoms with Crippen molar-refractivity contribution in [1.29, 1.82) is 0 Å². The summed E-state index contributed by atoms with van der Waals surface area (Å²) in [5, 5.41) is 2.77. The van der Waals surface area contributed by atoms with Gasteiger partial charge in [-0.2, -0.15) is 0 Å². The topological polar surface area (TPSA) is 29.1 Å². The molecule has 0 bridgehead atoms. The van der Waals surface area contributed by atoms with E-state index in [1.807, 2.05) is 31.2 Å². The van der Waals surface area contributed by atoms with Crippen LogP contribution in [0, 0.1) is 5.82 Å². The molecule has 0 saturated heterocycles. The van der Waals surface area contributed by atoms with Crippen molar-refractivity contribution < 1.29 is 9.18 Å². The lowest BCUT2D eigenvalue weighted by Crippen LogP contribution is -2.13. The van der Waals surface area contributed by atoms with Crippen LogP contribution in [0.4, 0.5) is 10.1 Å². The van der Waals surface area contributed by atoms with Crippen LogP contribution in [0.2, 0.25) is 0 Å². The number of hydrogen-bond donors (Lipinski definition) is 1. The average molecular weight is 322 g/mol. The number of hydrogen-bond acceptors (Lipinski definition) is 1. The van der Waals surface area contributed by atoms with E-state index in [1.54, 1.807) is 6.07 Å². The molecule has 19 heavy (non-hydrogen) atoms. The van der Waals surface area contributed by atoms with Gasteiger partial charge in [-0.15, -0.1) is 0 Å². The Kier molecular flexibility index (Phi) is 4.32. The number of carbonyl (C=O) groups is 1. The molecule has 1 N–H and O–H groups in total. The molecular weight excluding hydrogens is 309 g/mol. The number of anilines is 1. The van der Waals surface area contributed by atoms with Gasteiger partial charge in [-0.1, -0.05) is 25.1 Å². The molecule has 0 radical (unpaired) electrons. The minimum atomic E-state index is -0.449. The second kappa shape index (κ2) is 5.97. The van der Waals surface area contributed by atoms with Crippen molar-refractivity contribution in [1.82, 2.24) is 0 Å². The first kappa shape index (κ1) is 13.7. The van der Waals surface area contributed by atoms with E-state index >= 15 is 0 Å². The largest absolute Gasteiger partial charge is 0.322 e. The zero-order valence-electron chi connectivity index (χ0n) is 10.4. The van der Waals surface area contributed by atoms with Crippen LogP contribution in [0.25, 0.3) is 0 Å². The summed E-state index contributed by atoms with van der Waals surface area (Å²) in [6, 6.07) is 12.0. The fraction of sp³-hybridized carbons (Fsp3) is 0.133. The fourth-order valence-corrected chi connectivity index (χ4v) is 2.19. The monoisotopic (exact) mass is 321 g/mol. The first-order valence-corrected chi connectivity index (χ1v) is 6.75. The van der Waals surface area contributed by atoms with Crippen LogP contribution in [0.3, 0.4) is 0 Å². The van der Waals surface area contributed by atoms with E-state index in [2.05, 4.69) is 21.2 Å². The molecular formula is C15H13BrFNO. The van der Waals surface area contributed by atoms with Gasteiger partial charge < -0.3 is 5.32 Å². The quantitative estimate of drug-likeness (QED) is 0.891. The number of benzene rings is 2. The van der Waals surface area contributed by atoms with Crippen LogP contribution in [0.15, 0.2) is 46.9 Å². The van der Waals surface area contributed by atoms with Gasteiger partial charge in [0.05, 0.1) is 10.0 Å². The van der Waals surface area contributed by atoms with Crippen molar-refractivity contribution in [3.8, 4) is 0 Å². The Morgan fingerprint density at radius 3 is 2.74 bits per heavy atom. The van der Waals surface area contributed by atoms with E-state index < -0.39 is 5.82 Å². The van der Waals surface area contributed by atoms with Gasteiger partial charge in [0.25, 0.3) is 5.91 Å². The molecule has 0 aliphatic carbocycles. The van der Waals surface area contributed by atoms with Gasteiger partial charge in [0.15, 0.2) is 0 Å². The molecule has 0 unspecified atom stereocenters. The first-order chi connectivity index (χ1) is 9.11. The lowest BCUT2D eigenvalue weighted by atomic mass is 10.1. The summed E-state index contributed by atoms with van der Waals surface area (Å²) in [6.07, 6.45) is 0.896. The highest BCUT2D eigenvalue weighted by atomic mass is 79.9. The van der Waals surface area contributed by atoms with Gasteiger partial charge in [-0.25, -0.2) is 4.39 Å². The highest BCUT2D eigenvalue weighted by molar-refractivity contribution is 9.10. The summed E-state index contributed by atoms with van der Waals surface area (Å²) in [5.74, 6) is -0.783. The van der Waals surface area contributed by atoms with Crippen molar-refractivity contribution >= 4 is 27.5 Å². The van der Waals surface area contributed by atoms with Crippen LogP contribution in [-0.2, 0) is 6.42 Å². The van der Waals surface area contributed by atoms with Crippen LogP contribution < -0.4 is 5.32 Å². The van der Waals surface area contributed by atoms with E-state index in [1.165, 1.54) is 12.1 Å². The standard InChI is InChI=1S/C15H13BrFNO/c1-2-10-5-3-6-11(9-10)18-15(19)12-7-4-8-13(17)14(12)16/h3-9H,2H2,1H3,(H,18,19). The summed E-state index contributed by atoms with van der Waals surface area (Å²) in [6.45, 7) is 2.05. The Morgan fingerprint density at radius 1 is 1.26 bits per heavy atom. The number of carbonyl (C=O) groups excluding carboxylic acids is 1. The Morgan fingerprint density at radius 2 is 2.00 bits per heavy atom. The second-order valence-electron chi connectivity index (χ2n) is 4.11. The SMILES string of the molecule is CCc1cccc(NC(=O)c2cccc(F)c2Br)c1. The molecule has 0 aliphatic rings. The highest BCUT2D eigenvalue weighted by Gasteiger charge is 2.13. The number of nitrogens with one attached hydrogen (secondary N) is 1. The predicted octanol–water partition coefficient (Wildman–Crippen LogP) is 4.40. The van der Waals surface area contributed by atoms with Gasteiger partial charge in [-0.3, -0.25) is 4.79 Å². The van der Waals surface area contributed by atoms with Crippen LogP contribution in [0.1, 0.15) is 22.8 Å². The van der Waals surface area contributed by atoms with E-state index in [4.69, 9.17) is 0 Å². The Balaban J connectivity index is 2.23. The molecule has 2 rings (SSSR count). The van der Waals surface area contributed by atoms with Gasteiger partial charge >= 0.3 is 0 Å². The number of rotatable bonds is 3. The minimum absolute atomic E-state index is 0.180. The van der Waals surface area contributed by atoms with Crippen LogP contribution >= 0.6 is 15.9 Å². The van der Waals surface area contributed by atoms with E-state index in [-0.39, 0.29) is 15.9 Å². The van der Waals surface area contributed by atoms with Gasteiger partial charge in [-0.05, 0) is 52.2 Å². The molecule has 0 fully saturated rings. The normalized spacial score (nSPS) is 10.3. The first-order valence-electron chi connectivity index (χ1n) is 5.96. The summed E-state index contributed by atoms with van der Waals surface area (Å²) >= 11 is 3.09. The fourth-order valence-electron chi connectivity index (χ4n) is 1.75. The Bertz CT molecular complexity index is 613. The Labute approximate surface area is 119 Å². The molecule has 0 saturated carbocycles. The summed E-state index contributed by atoms with van der Waals surface area (Å²) in [7, 11) is 0. The van der Waals surface area contributed by atoms with Crippen molar-refractivity contribution in [2.45, 2.75) is 13.3 Å². The third-order valence-corrected chi connectivity index (χ3v) is 3.60. The van der Waals surface area contributed by atoms with E-state index in [9.17, 15) is 9.18 Å². The van der Waals surface area contributed by atoms with E-state index in [0.717, 1.165) is 12.0 Å². The summed E-state index contributed by atoms with van der Waals surface area (Å²) < 4.78 is 13.5. The lowest BCUT2D eigenvalue weighted by molar-refractivity contribution is 0.102. The maximum atomic E-state index is 13.4. The molecule has 0 atom stereocenters. The lowest BCUT2D eigenvalue weighted by Gasteiger charge is -2.08. The molecule has 2 aromatic carbocycles. The number of aryl methyl sites for hydroxylation is 1.